The van der Waals surface area contributed by atoms with E-state index in [0.717, 1.165) is 16.5 Å². The Balaban J connectivity index is 1.69. The molecule has 0 spiro atoms. The first-order valence-electron chi connectivity index (χ1n) is 7.53. The van der Waals surface area contributed by atoms with E-state index in [2.05, 4.69) is 4.98 Å². The molecule has 1 aliphatic heterocycles. The number of benzene rings is 2. The van der Waals surface area contributed by atoms with E-state index in [4.69, 9.17) is 12.2 Å². The van der Waals surface area contributed by atoms with Crippen LogP contribution in [0.3, 0.4) is 0 Å². The van der Waals surface area contributed by atoms with Crippen molar-refractivity contribution in [3.63, 3.8) is 0 Å². The summed E-state index contributed by atoms with van der Waals surface area (Å²) >= 11 is 6.60. The average molecular weight is 364 g/mol. The van der Waals surface area contributed by atoms with Gasteiger partial charge in [0.15, 0.2) is 4.32 Å². The first-order chi connectivity index (χ1) is 12.1. The van der Waals surface area contributed by atoms with E-state index in [0.29, 0.717) is 14.9 Å². The number of fused-ring (bicyclic) bond motifs is 1. The third-order valence-corrected chi connectivity index (χ3v) is 5.11. The maximum absolute atomic E-state index is 12.8. The van der Waals surface area contributed by atoms with E-state index in [1.165, 1.54) is 22.7 Å². The van der Waals surface area contributed by atoms with Crippen molar-refractivity contribution in [2.75, 3.05) is 4.90 Å². The number of phenolic OH excluding ortho intramolecular Hbond substituents is 1. The molecular formula is C19H12N2O2S2. The average Bonchev–Trinajstić information content (AvgIpc) is 2.88. The molecule has 1 aliphatic rings. The highest BCUT2D eigenvalue weighted by atomic mass is 32.2. The Morgan fingerprint density at radius 1 is 1.12 bits per heavy atom. The molecule has 1 aromatic heterocycles. The molecule has 0 radical (unpaired) electrons. The fourth-order valence-electron chi connectivity index (χ4n) is 2.66. The van der Waals surface area contributed by atoms with E-state index < -0.39 is 0 Å². The Labute approximate surface area is 153 Å². The molecule has 0 atom stereocenters. The zero-order valence-electron chi connectivity index (χ0n) is 12.9. The zero-order chi connectivity index (χ0) is 17.4. The summed E-state index contributed by atoms with van der Waals surface area (Å²) < 4.78 is 0.448. The smallest absolute Gasteiger partial charge is 0.270 e. The first kappa shape index (κ1) is 15.8. The Bertz CT molecular complexity index is 1050. The van der Waals surface area contributed by atoms with Gasteiger partial charge in [0.05, 0.1) is 16.1 Å². The minimum absolute atomic E-state index is 0.0950. The summed E-state index contributed by atoms with van der Waals surface area (Å²) in [5.41, 5.74) is 2.39. The molecular weight excluding hydrogens is 352 g/mol. The zero-order valence-corrected chi connectivity index (χ0v) is 14.6. The minimum atomic E-state index is -0.188. The number of anilines is 1. The van der Waals surface area contributed by atoms with Crippen LogP contribution < -0.4 is 4.90 Å². The van der Waals surface area contributed by atoms with Gasteiger partial charge in [-0.15, -0.1) is 0 Å². The van der Waals surface area contributed by atoms with E-state index in [1.807, 2.05) is 36.4 Å². The van der Waals surface area contributed by atoms with Crippen molar-refractivity contribution in [1.82, 2.24) is 4.98 Å². The van der Waals surface area contributed by atoms with Gasteiger partial charge in [-0.25, -0.2) is 0 Å². The molecule has 3 aromatic rings. The van der Waals surface area contributed by atoms with Crippen LogP contribution in [0, 0.1) is 0 Å². The normalized spacial score (nSPS) is 16.2. The molecule has 6 heteroatoms. The largest absolute Gasteiger partial charge is 0.508 e. The van der Waals surface area contributed by atoms with Crippen LogP contribution in [0.15, 0.2) is 65.7 Å². The predicted octanol–water partition coefficient (Wildman–Crippen LogP) is 4.35. The molecule has 0 aliphatic carbocycles. The lowest BCUT2D eigenvalue weighted by Gasteiger charge is -2.14. The van der Waals surface area contributed by atoms with E-state index in [9.17, 15) is 9.90 Å². The van der Waals surface area contributed by atoms with Gasteiger partial charge in [0.25, 0.3) is 5.91 Å². The van der Waals surface area contributed by atoms with Gasteiger partial charge in [-0.1, -0.05) is 42.2 Å². The standard InChI is InChI=1S/C19H12N2O2S2/c22-15-5-1-4-14(11-15)21-18(23)17(25-19(21)24)10-12-6-7-16-13(9-12)3-2-8-20-16/h1-11,22H/b17-10-. The number of phenols is 1. The highest BCUT2D eigenvalue weighted by Gasteiger charge is 2.33. The Morgan fingerprint density at radius 2 is 2.00 bits per heavy atom. The van der Waals surface area contributed by atoms with Crippen LogP contribution in [0.4, 0.5) is 5.69 Å². The molecule has 1 N–H and O–H groups in total. The van der Waals surface area contributed by atoms with Crippen molar-refractivity contribution in [3.05, 3.63) is 71.3 Å². The SMILES string of the molecule is O=C1/C(=C/c2ccc3ncccc3c2)SC(=S)N1c1cccc(O)c1. The number of thioether (sulfide) groups is 1. The molecule has 0 unspecified atom stereocenters. The molecule has 4 nitrogen and oxygen atoms in total. The number of hydrogen-bond donors (Lipinski definition) is 1. The third kappa shape index (κ3) is 3.01. The molecule has 1 saturated heterocycles. The van der Waals surface area contributed by atoms with Crippen molar-refractivity contribution in [1.29, 1.82) is 0 Å². The fourth-order valence-corrected chi connectivity index (χ4v) is 3.96. The van der Waals surface area contributed by atoms with Crippen LogP contribution in [0.25, 0.3) is 17.0 Å². The number of thiocarbonyl (C=S) groups is 1. The number of pyridine rings is 1. The molecule has 2 heterocycles. The molecule has 2 aromatic carbocycles. The quantitative estimate of drug-likeness (QED) is 0.541. The van der Waals surface area contributed by atoms with Crippen molar-refractivity contribution >= 4 is 56.9 Å². The summed E-state index contributed by atoms with van der Waals surface area (Å²) in [7, 11) is 0. The summed E-state index contributed by atoms with van der Waals surface area (Å²) in [6.45, 7) is 0. The van der Waals surface area contributed by atoms with E-state index >= 15 is 0 Å². The number of hydrogen-bond acceptors (Lipinski definition) is 5. The summed E-state index contributed by atoms with van der Waals surface area (Å²) in [6, 6.07) is 16.2. The van der Waals surface area contributed by atoms with E-state index in [-0.39, 0.29) is 11.7 Å². The Hall–Kier alpha value is -2.70. The van der Waals surface area contributed by atoms with Crippen LogP contribution in [-0.2, 0) is 4.79 Å². The molecule has 0 bridgehead atoms. The second-order valence-electron chi connectivity index (χ2n) is 5.49. The highest BCUT2D eigenvalue weighted by molar-refractivity contribution is 8.27. The van der Waals surface area contributed by atoms with Crippen LogP contribution >= 0.6 is 24.0 Å². The van der Waals surface area contributed by atoms with Gasteiger partial charge in [0.2, 0.25) is 0 Å². The minimum Gasteiger partial charge on any atom is -0.508 e. The Morgan fingerprint density at radius 3 is 2.84 bits per heavy atom. The summed E-state index contributed by atoms with van der Waals surface area (Å²) in [4.78, 5) is 19.0. The molecule has 4 rings (SSSR count). The van der Waals surface area contributed by atoms with Crippen LogP contribution in [0.1, 0.15) is 5.56 Å². The number of carbonyl (C=O) groups excluding carboxylic acids is 1. The number of aromatic nitrogens is 1. The molecule has 122 valence electrons. The lowest BCUT2D eigenvalue weighted by molar-refractivity contribution is -0.113. The van der Waals surface area contributed by atoms with E-state index in [1.54, 1.807) is 24.4 Å². The van der Waals surface area contributed by atoms with Gasteiger partial charge in [-0.3, -0.25) is 14.7 Å². The highest BCUT2D eigenvalue weighted by Crippen LogP contribution is 2.37. The van der Waals surface area contributed by atoms with Crippen LogP contribution in [0.2, 0.25) is 0 Å². The molecule has 1 amide bonds. The molecule has 25 heavy (non-hydrogen) atoms. The first-order valence-corrected chi connectivity index (χ1v) is 8.76. The third-order valence-electron chi connectivity index (χ3n) is 3.81. The van der Waals surface area contributed by atoms with Crippen LogP contribution in [0.5, 0.6) is 5.75 Å². The van der Waals surface area contributed by atoms with Crippen LogP contribution in [-0.4, -0.2) is 20.3 Å². The number of aromatic hydroxyl groups is 1. The number of carbonyl (C=O) groups is 1. The maximum atomic E-state index is 12.8. The number of nitrogens with zero attached hydrogens (tertiary/aromatic N) is 2. The molecule has 1 fully saturated rings. The number of amides is 1. The lowest BCUT2D eigenvalue weighted by atomic mass is 10.1. The van der Waals surface area contributed by atoms with Gasteiger partial charge in [-0.05, 0) is 42.0 Å². The maximum Gasteiger partial charge on any atom is 0.270 e. The fraction of sp³-hybridized carbons (Fsp3) is 0. The van der Waals surface area contributed by atoms with Crippen molar-refractivity contribution < 1.29 is 9.90 Å². The van der Waals surface area contributed by atoms with Gasteiger partial charge in [0.1, 0.15) is 5.75 Å². The van der Waals surface area contributed by atoms with Crippen molar-refractivity contribution in [3.8, 4) is 5.75 Å². The van der Waals surface area contributed by atoms with Gasteiger partial charge in [-0.2, -0.15) is 0 Å². The lowest BCUT2D eigenvalue weighted by Crippen LogP contribution is -2.27. The van der Waals surface area contributed by atoms with Gasteiger partial charge >= 0.3 is 0 Å². The number of rotatable bonds is 2. The van der Waals surface area contributed by atoms with Gasteiger partial charge < -0.3 is 5.11 Å². The second-order valence-corrected chi connectivity index (χ2v) is 7.17. The second kappa shape index (κ2) is 6.31. The summed E-state index contributed by atoms with van der Waals surface area (Å²) in [5, 5.41) is 10.7. The van der Waals surface area contributed by atoms with Crippen molar-refractivity contribution in [2.24, 2.45) is 0 Å². The topological polar surface area (TPSA) is 53.4 Å². The monoisotopic (exact) mass is 364 g/mol. The molecule has 0 saturated carbocycles. The van der Waals surface area contributed by atoms with Gasteiger partial charge in [0, 0.05) is 17.6 Å². The van der Waals surface area contributed by atoms with Crippen molar-refractivity contribution in [2.45, 2.75) is 0 Å². The summed E-state index contributed by atoms with van der Waals surface area (Å²) in [6.07, 6.45) is 3.58. The Kier molecular flexibility index (Phi) is 3.99. The predicted molar refractivity (Wildman–Crippen MR) is 106 cm³/mol. The summed E-state index contributed by atoms with van der Waals surface area (Å²) in [5.74, 6) is -0.0931.